The summed E-state index contributed by atoms with van der Waals surface area (Å²) in [6.07, 6.45) is 7.97. The zero-order valence-corrected chi connectivity index (χ0v) is 81.0. The van der Waals surface area contributed by atoms with Crippen LogP contribution in [0.2, 0.25) is 0 Å². The minimum absolute atomic E-state index is 0.464. The average Bonchev–Trinajstić information content (AvgIpc) is 1.61. The van der Waals surface area contributed by atoms with E-state index in [9.17, 15) is 0 Å². The number of aryl methyl sites for hydroxylation is 4. The van der Waals surface area contributed by atoms with Gasteiger partial charge in [0.05, 0.1) is 50.3 Å². The molecular weight excluding hydrogens is 1820 g/mol. The molecule has 0 saturated heterocycles. The van der Waals surface area contributed by atoms with Gasteiger partial charge in [-0.3, -0.25) is 23.3 Å². The molecule has 704 valence electrons. The molecular formula is C127H91N21. The summed E-state index contributed by atoms with van der Waals surface area (Å²) < 4.78 is 17.6. The number of hydrogen-bond acceptors (Lipinski definition) is 13. The van der Waals surface area contributed by atoms with Crippen molar-refractivity contribution in [2.45, 2.75) is 27.7 Å². The molecule has 0 N–H and O–H groups in total. The number of benzene rings is 18. The first-order valence-electron chi connectivity index (χ1n) is 49.1. The predicted octanol–water partition coefficient (Wildman–Crippen LogP) is 29.0. The molecule has 18 aromatic carbocycles. The van der Waals surface area contributed by atoms with Crippen LogP contribution in [0.1, 0.15) is 22.3 Å². The van der Waals surface area contributed by atoms with Gasteiger partial charge >= 0.3 is 0 Å². The summed E-state index contributed by atoms with van der Waals surface area (Å²) in [6.45, 7) is 8.51. The lowest BCUT2D eigenvalue weighted by Crippen LogP contribution is -2.03. The van der Waals surface area contributed by atoms with E-state index in [-0.39, 0.29) is 0 Å². The van der Waals surface area contributed by atoms with E-state index in [4.69, 9.17) is 5.10 Å². The molecule has 0 atom stereocenters. The first-order valence-corrected chi connectivity index (χ1v) is 49.1. The Morgan fingerprint density at radius 3 is 0.743 bits per heavy atom. The number of para-hydroxylation sites is 8. The Bertz CT molecular complexity index is 9130. The van der Waals surface area contributed by atoms with Gasteiger partial charge in [-0.15, -0.1) is 40.8 Å². The molecule has 0 unspecified atom stereocenters. The zero-order chi connectivity index (χ0) is 99.1. The van der Waals surface area contributed by atoms with Crippen LogP contribution >= 0.6 is 0 Å². The molecule has 10 aromatic heterocycles. The first kappa shape index (κ1) is 89.2. The van der Waals surface area contributed by atoms with E-state index < -0.39 is 0 Å². The normalized spacial score (nSPS) is 11.4. The lowest BCUT2D eigenvalue weighted by Gasteiger charge is -2.14. The van der Waals surface area contributed by atoms with Gasteiger partial charge in [0.2, 0.25) is 11.6 Å². The second kappa shape index (κ2) is 38.7. The number of nitrogens with zero attached hydrogens (tertiary/aromatic N) is 21. The molecule has 0 aliphatic heterocycles. The first-order chi connectivity index (χ1) is 73.1. The van der Waals surface area contributed by atoms with E-state index in [0.717, 1.165) is 114 Å². The quantitative estimate of drug-likeness (QED) is 0.0883. The molecule has 21 heteroatoms. The van der Waals surface area contributed by atoms with Gasteiger partial charge < -0.3 is 18.3 Å². The van der Waals surface area contributed by atoms with Crippen molar-refractivity contribution >= 4 is 87.2 Å². The summed E-state index contributed by atoms with van der Waals surface area (Å²) in [7, 11) is 0. The van der Waals surface area contributed by atoms with Crippen molar-refractivity contribution in [1.29, 1.82) is 0 Å². The van der Waals surface area contributed by atoms with Gasteiger partial charge in [0.25, 0.3) is 0 Å². The number of fused-ring (bicyclic) bond motifs is 12. The smallest absolute Gasteiger partial charge is 0.206 e. The lowest BCUT2D eigenvalue weighted by molar-refractivity contribution is 0.984. The van der Waals surface area contributed by atoms with Crippen LogP contribution in [0.15, 0.2) is 480 Å². The van der Waals surface area contributed by atoms with Gasteiger partial charge in [-0.05, 0) is 202 Å². The molecule has 28 rings (SSSR count). The molecule has 0 aliphatic carbocycles. The molecule has 0 saturated carbocycles. The van der Waals surface area contributed by atoms with Crippen LogP contribution in [0.4, 0.5) is 0 Å². The van der Waals surface area contributed by atoms with Crippen LogP contribution in [-0.4, -0.2) is 102 Å². The monoisotopic (exact) mass is 1910 g/mol. The Labute approximate surface area is 851 Å². The summed E-state index contributed by atoms with van der Waals surface area (Å²) in [6, 6.07) is 156. The molecule has 0 fully saturated rings. The Morgan fingerprint density at radius 2 is 0.432 bits per heavy atom. The molecule has 0 radical (unpaired) electrons. The fourth-order valence-corrected chi connectivity index (χ4v) is 20.3. The van der Waals surface area contributed by atoms with Crippen molar-refractivity contribution in [3.05, 3.63) is 502 Å². The van der Waals surface area contributed by atoms with Gasteiger partial charge in [0, 0.05) is 134 Å². The van der Waals surface area contributed by atoms with Crippen molar-refractivity contribution < 1.29 is 0 Å². The Morgan fingerprint density at radius 1 is 0.176 bits per heavy atom. The van der Waals surface area contributed by atoms with Gasteiger partial charge in [-0.1, -0.05) is 297 Å². The Balaban J connectivity index is 0.000000103. The summed E-state index contributed by atoms with van der Waals surface area (Å²) in [5.41, 5.74) is 29.5. The molecule has 0 spiro atoms. The van der Waals surface area contributed by atoms with Crippen molar-refractivity contribution in [2.24, 2.45) is 0 Å². The van der Waals surface area contributed by atoms with Gasteiger partial charge in [0.1, 0.15) is 18.3 Å². The van der Waals surface area contributed by atoms with Gasteiger partial charge in [-0.25, -0.2) is 19.9 Å². The maximum Gasteiger partial charge on any atom is 0.206 e. The fraction of sp³-hybridized carbons (Fsp3) is 0.0315. The molecule has 10 heterocycles. The fourth-order valence-electron chi connectivity index (χ4n) is 20.3. The highest BCUT2D eigenvalue weighted by atomic mass is 15.3. The van der Waals surface area contributed by atoms with E-state index in [1.54, 1.807) is 18.6 Å². The average molecular weight is 1910 g/mol. The Hall–Kier alpha value is -20.2. The van der Waals surface area contributed by atoms with E-state index in [0.29, 0.717) is 23.2 Å². The summed E-state index contributed by atoms with van der Waals surface area (Å²) in [4.78, 5) is 21.3. The minimum Gasteiger partial charge on any atom is -0.309 e. The molecule has 21 nitrogen and oxygen atoms in total. The van der Waals surface area contributed by atoms with Crippen molar-refractivity contribution in [3.63, 3.8) is 0 Å². The van der Waals surface area contributed by atoms with Crippen LogP contribution in [0, 0.1) is 27.7 Å². The predicted molar refractivity (Wildman–Crippen MR) is 594 cm³/mol. The minimum atomic E-state index is 0.464. The summed E-state index contributed by atoms with van der Waals surface area (Å²) in [5.74, 6) is 6.45. The number of aromatic nitrogens is 21. The Kier molecular flexibility index (Phi) is 23.3. The topological polar surface area (TPSA) is 207 Å². The van der Waals surface area contributed by atoms with Crippen LogP contribution in [-0.2, 0) is 0 Å². The largest absolute Gasteiger partial charge is 0.309 e. The highest BCUT2D eigenvalue weighted by Crippen LogP contribution is 2.42. The third-order valence-corrected chi connectivity index (χ3v) is 27.4. The third-order valence-electron chi connectivity index (χ3n) is 27.4. The molecule has 0 bridgehead atoms. The number of rotatable bonds is 16. The highest BCUT2D eigenvalue weighted by molar-refractivity contribution is 6.12. The van der Waals surface area contributed by atoms with E-state index >= 15 is 0 Å². The van der Waals surface area contributed by atoms with Crippen LogP contribution in [0.25, 0.3) is 224 Å². The second-order valence-electron chi connectivity index (χ2n) is 36.4. The number of hydrogen-bond donors (Lipinski definition) is 0. The lowest BCUT2D eigenvalue weighted by atomic mass is 10.0. The highest BCUT2D eigenvalue weighted by Gasteiger charge is 2.27. The molecule has 148 heavy (non-hydrogen) atoms. The van der Waals surface area contributed by atoms with Crippen molar-refractivity contribution in [2.75, 3.05) is 0 Å². The standard InChI is InChI=1S/2C34H26N4.C30H20N6.C29H19N7/c1-23-16-17-26(22-24(23)2)34-36-35-33(25-10-4-3-5-11-25)38(34)28-20-18-27(19-21-28)37-31-14-8-6-12-29(31)30-13-7-9-15-32(30)37;1-23-16-17-24(2)30(22-23)34-36-35-33(25-10-4-3-5-11-25)38(34)27-20-18-26(19-21-27)37-31-14-8-6-12-28(31)29-13-7-9-15-32(29)37;1-2-8-21(9-3-1)29-33-34-30(26-20-31-18-19-32-26)36(29)23-16-14-22(15-17-23)35-27-12-6-4-10-24(27)25-11-5-7-13-28(25)35;1-2-8-20(9-3-1)28-33-34-29(27-31-18-30-19-32-27)36(28)22-16-14-21(15-17-22)35-25-12-6-4-10-23(25)24-11-5-7-13-26(24)35/h2*3-22H,1-2H3;1-20H;1-19H. The van der Waals surface area contributed by atoms with Crippen LogP contribution < -0.4 is 0 Å². The maximum atomic E-state index is 4.70. The van der Waals surface area contributed by atoms with Crippen LogP contribution in [0.3, 0.4) is 0 Å². The molecule has 0 amide bonds. The van der Waals surface area contributed by atoms with Crippen molar-refractivity contribution in [1.82, 2.24) is 102 Å². The van der Waals surface area contributed by atoms with Crippen molar-refractivity contribution in [3.8, 4) is 137 Å². The maximum absolute atomic E-state index is 4.70. The second-order valence-corrected chi connectivity index (χ2v) is 36.4. The van der Waals surface area contributed by atoms with Gasteiger partial charge in [-0.2, -0.15) is 0 Å². The SMILES string of the molecule is Cc1ccc(-c2nnc(-c3ccccc3)n2-c2ccc(-n3c4ccccc4c4ccccc43)cc2)cc1C.Cc1ccc(C)c(-c2nnc(-c3ccccc3)n2-c2ccc(-n3c4ccccc4c4ccccc43)cc2)c1.c1ccc(-c2nnc(-c3cnccn3)n2-c2ccc(-n3c4ccccc4c4ccccc43)cc2)cc1.c1ccc(-c2nnc(-c3ncncn3)n2-c2ccc(-n3c4ccccc4c4ccccc43)cc2)cc1. The third kappa shape index (κ3) is 16.4. The van der Waals surface area contributed by atoms with E-state index in [1.807, 2.05) is 106 Å². The van der Waals surface area contributed by atoms with Crippen LogP contribution in [0.5, 0.6) is 0 Å². The molecule has 0 aliphatic rings. The molecule has 28 aromatic rings. The summed E-state index contributed by atoms with van der Waals surface area (Å²) in [5, 5.41) is 46.7. The van der Waals surface area contributed by atoms with E-state index in [1.165, 1.54) is 122 Å². The van der Waals surface area contributed by atoms with Gasteiger partial charge in [0.15, 0.2) is 40.8 Å². The zero-order valence-electron chi connectivity index (χ0n) is 81.0. The summed E-state index contributed by atoms with van der Waals surface area (Å²) >= 11 is 0. The van der Waals surface area contributed by atoms with E-state index in [2.05, 4.69) is 468 Å².